The lowest BCUT2D eigenvalue weighted by molar-refractivity contribution is 0.669. The Bertz CT molecular complexity index is 3790. The molecule has 0 atom stereocenters. The molecule has 300 valence electrons. The molecule has 13 aromatic rings. The smallest absolute Gasteiger partial charge is 0.179 e. The van der Waals surface area contributed by atoms with Crippen molar-refractivity contribution in [3.05, 3.63) is 243 Å². The summed E-state index contributed by atoms with van der Waals surface area (Å²) in [6.45, 7) is 0. The highest BCUT2D eigenvalue weighted by atomic mass is 28.3. The number of furan rings is 1. The maximum Gasteiger partial charge on any atom is 0.179 e. The van der Waals surface area contributed by atoms with Crippen LogP contribution in [0, 0.1) is 0 Å². The number of hydrogen-bond donors (Lipinski definition) is 0. The van der Waals surface area contributed by atoms with E-state index in [1.807, 2.05) is 12.1 Å². The first-order chi connectivity index (χ1) is 31.8. The molecule has 0 amide bonds. The van der Waals surface area contributed by atoms with Gasteiger partial charge in [-0.05, 0) is 86.5 Å². The van der Waals surface area contributed by atoms with E-state index in [2.05, 4.69) is 240 Å². The molecule has 0 aliphatic carbocycles. The molecule has 4 heteroatoms. The van der Waals surface area contributed by atoms with Gasteiger partial charge in [-0.2, -0.15) is 0 Å². The SMILES string of the molecule is c1ccc([Si](c2ccccc2)(c2ccccc2)c2ccc(-n3c4ccccc4c4cccc(-n5c6ccccc6c6c(-c7ccc8c(c7)oc7ccccc78)cccc65)c43)cc2)cc1. The summed E-state index contributed by atoms with van der Waals surface area (Å²) in [5.74, 6) is 0. The molecule has 0 spiro atoms. The van der Waals surface area contributed by atoms with Gasteiger partial charge in [0.05, 0.1) is 27.8 Å². The average Bonchev–Trinajstić information content (AvgIpc) is 4.03. The van der Waals surface area contributed by atoms with E-state index in [0.717, 1.165) is 44.4 Å². The third-order valence-corrected chi connectivity index (χ3v) is 18.3. The molecular weight excluding hydrogens is 793 g/mol. The summed E-state index contributed by atoms with van der Waals surface area (Å²) in [4.78, 5) is 0. The van der Waals surface area contributed by atoms with Crippen molar-refractivity contribution in [3.8, 4) is 22.5 Å². The van der Waals surface area contributed by atoms with Gasteiger partial charge in [0.15, 0.2) is 8.07 Å². The molecule has 0 aliphatic heterocycles. The van der Waals surface area contributed by atoms with Gasteiger partial charge >= 0.3 is 0 Å². The second-order valence-corrected chi connectivity index (χ2v) is 20.6. The van der Waals surface area contributed by atoms with Crippen molar-refractivity contribution in [2.24, 2.45) is 0 Å². The molecule has 0 unspecified atom stereocenters. The third kappa shape index (κ3) is 5.33. The average molecular weight is 833 g/mol. The Kier molecular flexibility index (Phi) is 8.23. The number of hydrogen-bond acceptors (Lipinski definition) is 1. The van der Waals surface area contributed by atoms with Crippen molar-refractivity contribution in [1.29, 1.82) is 0 Å². The van der Waals surface area contributed by atoms with Crippen LogP contribution in [0.25, 0.3) is 88.1 Å². The first-order valence-electron chi connectivity index (χ1n) is 22.0. The monoisotopic (exact) mass is 832 g/mol. The molecule has 0 N–H and O–H groups in total. The molecule has 0 radical (unpaired) electrons. The summed E-state index contributed by atoms with van der Waals surface area (Å²) < 4.78 is 11.4. The maximum absolute atomic E-state index is 6.41. The molecule has 10 aromatic carbocycles. The zero-order valence-corrected chi connectivity index (χ0v) is 35.9. The first-order valence-corrected chi connectivity index (χ1v) is 24.0. The molecule has 0 fully saturated rings. The molecule has 0 saturated heterocycles. The van der Waals surface area contributed by atoms with E-state index in [9.17, 15) is 0 Å². The normalized spacial score (nSPS) is 12.1. The first kappa shape index (κ1) is 36.5. The summed E-state index contributed by atoms with van der Waals surface area (Å²) in [6.07, 6.45) is 0. The zero-order valence-electron chi connectivity index (χ0n) is 34.9. The largest absolute Gasteiger partial charge is 0.456 e. The van der Waals surface area contributed by atoms with E-state index in [-0.39, 0.29) is 0 Å². The number of aromatic nitrogens is 2. The highest BCUT2D eigenvalue weighted by molar-refractivity contribution is 7.19. The van der Waals surface area contributed by atoms with Gasteiger partial charge in [-0.1, -0.05) is 188 Å². The fourth-order valence-corrected chi connectivity index (χ4v) is 15.5. The fourth-order valence-electron chi connectivity index (χ4n) is 10.8. The number of rotatable bonds is 7. The van der Waals surface area contributed by atoms with Crippen molar-refractivity contribution in [2.75, 3.05) is 0 Å². The molecule has 0 saturated carbocycles. The lowest BCUT2D eigenvalue weighted by Crippen LogP contribution is -2.74. The van der Waals surface area contributed by atoms with Crippen LogP contribution in [0.3, 0.4) is 0 Å². The summed E-state index contributed by atoms with van der Waals surface area (Å²) in [6, 6.07) is 89.2. The third-order valence-electron chi connectivity index (χ3n) is 13.5. The van der Waals surface area contributed by atoms with Gasteiger partial charge in [0.1, 0.15) is 11.2 Å². The lowest BCUT2D eigenvalue weighted by Gasteiger charge is -2.34. The minimum absolute atomic E-state index is 0.899. The Balaban J connectivity index is 1.05. The van der Waals surface area contributed by atoms with Gasteiger partial charge in [0.25, 0.3) is 0 Å². The van der Waals surface area contributed by atoms with Crippen LogP contribution in [0.5, 0.6) is 0 Å². The number of nitrogens with zero attached hydrogens (tertiary/aromatic N) is 2. The van der Waals surface area contributed by atoms with Crippen LogP contribution in [0.2, 0.25) is 0 Å². The molecule has 0 bridgehead atoms. The molecule has 3 nitrogen and oxygen atoms in total. The van der Waals surface area contributed by atoms with E-state index in [0.29, 0.717) is 0 Å². The number of fused-ring (bicyclic) bond motifs is 9. The van der Waals surface area contributed by atoms with E-state index < -0.39 is 8.07 Å². The predicted octanol–water partition coefficient (Wildman–Crippen LogP) is 12.8. The van der Waals surface area contributed by atoms with Crippen LogP contribution in [0.1, 0.15) is 0 Å². The van der Waals surface area contributed by atoms with Crippen molar-refractivity contribution in [1.82, 2.24) is 9.13 Å². The number of para-hydroxylation sites is 4. The lowest BCUT2D eigenvalue weighted by atomic mass is 9.98. The van der Waals surface area contributed by atoms with Gasteiger partial charge in [-0.15, -0.1) is 0 Å². The Morgan fingerprint density at radius 3 is 1.53 bits per heavy atom. The summed E-state index contributed by atoms with van der Waals surface area (Å²) in [5.41, 5.74) is 11.1. The summed E-state index contributed by atoms with van der Waals surface area (Å²) >= 11 is 0. The highest BCUT2D eigenvalue weighted by Gasteiger charge is 2.41. The summed E-state index contributed by atoms with van der Waals surface area (Å²) in [5, 5.41) is 12.6. The van der Waals surface area contributed by atoms with Crippen molar-refractivity contribution < 1.29 is 4.42 Å². The Hall–Kier alpha value is -8.18. The molecule has 3 aromatic heterocycles. The standard InChI is InChI=1S/C60H40N2OSi/c1-4-18-43(19-5-1)64(44-20-6-2-7-21-44,45-22-8-3-9-23-45)46-37-35-42(36-38-46)61-53-29-13-10-24-48(53)51-28-17-32-56(60(51)61)62-54-30-14-11-26-52(54)59-47(27-16-31-55(59)62)41-34-39-50-49-25-12-15-33-57(49)63-58(50)40-41/h1-40H. The Morgan fingerprint density at radius 1 is 0.328 bits per heavy atom. The Labute approximate surface area is 371 Å². The van der Waals surface area contributed by atoms with Gasteiger partial charge in [0.2, 0.25) is 0 Å². The summed E-state index contributed by atoms with van der Waals surface area (Å²) in [7, 11) is -2.71. The van der Waals surface area contributed by atoms with Gasteiger partial charge in [-0.25, -0.2) is 0 Å². The van der Waals surface area contributed by atoms with Crippen molar-refractivity contribution in [3.63, 3.8) is 0 Å². The van der Waals surface area contributed by atoms with Crippen molar-refractivity contribution >= 4 is 94.4 Å². The second-order valence-electron chi connectivity index (χ2n) is 16.8. The van der Waals surface area contributed by atoms with Crippen LogP contribution in [-0.2, 0) is 0 Å². The van der Waals surface area contributed by atoms with E-state index in [1.54, 1.807) is 0 Å². The van der Waals surface area contributed by atoms with E-state index in [4.69, 9.17) is 4.42 Å². The highest BCUT2D eigenvalue weighted by Crippen LogP contribution is 2.43. The van der Waals surface area contributed by atoms with Crippen molar-refractivity contribution in [2.45, 2.75) is 0 Å². The van der Waals surface area contributed by atoms with Crippen LogP contribution in [0.4, 0.5) is 0 Å². The Morgan fingerprint density at radius 2 is 0.844 bits per heavy atom. The van der Waals surface area contributed by atoms with E-state index >= 15 is 0 Å². The van der Waals surface area contributed by atoms with Crippen LogP contribution in [-0.4, -0.2) is 17.2 Å². The molecule has 13 rings (SSSR count). The van der Waals surface area contributed by atoms with Crippen LogP contribution in [0.15, 0.2) is 247 Å². The predicted molar refractivity (Wildman–Crippen MR) is 271 cm³/mol. The molecule has 64 heavy (non-hydrogen) atoms. The molecule has 3 heterocycles. The van der Waals surface area contributed by atoms with Crippen LogP contribution >= 0.6 is 0 Å². The van der Waals surface area contributed by atoms with Gasteiger partial charge < -0.3 is 13.6 Å². The second kappa shape index (κ2) is 14.5. The zero-order chi connectivity index (χ0) is 42.2. The number of benzene rings is 10. The van der Waals surface area contributed by atoms with Gasteiger partial charge in [0, 0.05) is 38.0 Å². The minimum Gasteiger partial charge on any atom is -0.456 e. The molecule has 0 aliphatic rings. The molecular formula is C60H40N2OSi. The van der Waals surface area contributed by atoms with E-state index in [1.165, 1.54) is 64.4 Å². The fraction of sp³-hybridized carbons (Fsp3) is 0. The quantitative estimate of drug-likeness (QED) is 0.116. The van der Waals surface area contributed by atoms with Crippen LogP contribution < -0.4 is 20.7 Å². The van der Waals surface area contributed by atoms with Gasteiger partial charge in [-0.3, -0.25) is 0 Å². The topological polar surface area (TPSA) is 23.0 Å². The minimum atomic E-state index is -2.71. The maximum atomic E-state index is 6.41.